The van der Waals surface area contributed by atoms with E-state index in [1.807, 2.05) is 24.3 Å². The van der Waals surface area contributed by atoms with Crippen LogP contribution in [0.15, 0.2) is 24.4 Å². The molecule has 0 saturated carbocycles. The molecule has 0 radical (unpaired) electrons. The first kappa shape index (κ1) is 12.9. The molecular formula is C14H19N3S. The van der Waals surface area contributed by atoms with E-state index >= 15 is 0 Å². The zero-order valence-corrected chi connectivity index (χ0v) is 11.8. The molecule has 0 aliphatic rings. The molecule has 3 N–H and O–H groups in total. The van der Waals surface area contributed by atoms with Crippen molar-refractivity contribution in [2.75, 3.05) is 11.1 Å². The zero-order chi connectivity index (χ0) is 13.1. The highest BCUT2D eigenvalue weighted by molar-refractivity contribution is 7.11. The van der Waals surface area contributed by atoms with Crippen LogP contribution < -0.4 is 11.1 Å². The standard InChI is InChI=1S/C14H19N3S/c1-9-6-12(15)8-16-14(9)17-10(2)7-13-5-4-11(3)18-13/h4-6,8,10H,7,15H2,1-3H3,(H,16,17). The van der Waals surface area contributed by atoms with Gasteiger partial charge in [0.25, 0.3) is 0 Å². The Kier molecular flexibility index (Phi) is 3.87. The van der Waals surface area contributed by atoms with Crippen LogP contribution in [0, 0.1) is 13.8 Å². The topological polar surface area (TPSA) is 50.9 Å². The lowest BCUT2D eigenvalue weighted by Crippen LogP contribution is -2.19. The van der Waals surface area contributed by atoms with E-state index in [-0.39, 0.29) is 0 Å². The predicted octanol–water partition coefficient (Wildman–Crippen LogP) is 3.39. The highest BCUT2D eigenvalue weighted by atomic mass is 32.1. The molecule has 4 heteroatoms. The van der Waals surface area contributed by atoms with Crippen molar-refractivity contribution in [1.82, 2.24) is 4.98 Å². The minimum Gasteiger partial charge on any atom is -0.397 e. The molecule has 0 spiro atoms. The molecule has 0 saturated heterocycles. The number of thiophene rings is 1. The first-order valence-corrected chi connectivity index (χ1v) is 6.90. The van der Waals surface area contributed by atoms with Gasteiger partial charge in [-0.25, -0.2) is 4.98 Å². The highest BCUT2D eigenvalue weighted by Crippen LogP contribution is 2.19. The van der Waals surface area contributed by atoms with E-state index in [2.05, 4.69) is 36.3 Å². The Morgan fingerprint density at radius 1 is 1.39 bits per heavy atom. The minimum absolute atomic E-state index is 0.359. The monoisotopic (exact) mass is 261 g/mol. The van der Waals surface area contributed by atoms with Gasteiger partial charge in [0, 0.05) is 22.2 Å². The molecule has 1 unspecified atom stereocenters. The lowest BCUT2D eigenvalue weighted by Gasteiger charge is -2.15. The molecule has 2 aromatic rings. The second-order valence-corrected chi connectivity index (χ2v) is 6.07. The van der Waals surface area contributed by atoms with Crippen molar-refractivity contribution in [1.29, 1.82) is 0 Å². The molecule has 3 nitrogen and oxygen atoms in total. The maximum absolute atomic E-state index is 5.70. The summed E-state index contributed by atoms with van der Waals surface area (Å²) in [5.74, 6) is 0.921. The molecule has 96 valence electrons. The third kappa shape index (κ3) is 3.23. The number of hydrogen-bond acceptors (Lipinski definition) is 4. The predicted molar refractivity (Wildman–Crippen MR) is 79.2 cm³/mol. The van der Waals surface area contributed by atoms with Gasteiger partial charge in [0.15, 0.2) is 0 Å². The van der Waals surface area contributed by atoms with Gasteiger partial charge >= 0.3 is 0 Å². The van der Waals surface area contributed by atoms with E-state index in [4.69, 9.17) is 5.73 Å². The SMILES string of the molecule is Cc1ccc(CC(C)Nc2ncc(N)cc2C)s1. The van der Waals surface area contributed by atoms with Gasteiger partial charge in [-0.15, -0.1) is 11.3 Å². The summed E-state index contributed by atoms with van der Waals surface area (Å²) in [6.07, 6.45) is 2.71. The van der Waals surface area contributed by atoms with Crippen LogP contribution in [0.2, 0.25) is 0 Å². The summed E-state index contributed by atoms with van der Waals surface area (Å²) in [6.45, 7) is 6.33. The smallest absolute Gasteiger partial charge is 0.129 e. The number of nitrogens with one attached hydrogen (secondary N) is 1. The third-order valence-electron chi connectivity index (χ3n) is 2.79. The molecule has 2 rings (SSSR count). The maximum Gasteiger partial charge on any atom is 0.129 e. The summed E-state index contributed by atoms with van der Waals surface area (Å²) in [5.41, 5.74) is 7.49. The largest absolute Gasteiger partial charge is 0.397 e. The van der Waals surface area contributed by atoms with E-state index in [0.29, 0.717) is 11.7 Å². The van der Waals surface area contributed by atoms with E-state index in [0.717, 1.165) is 17.8 Å². The molecule has 0 aromatic carbocycles. The Balaban J connectivity index is 2.00. The molecule has 0 aliphatic carbocycles. The Labute approximate surface area is 112 Å². The third-order valence-corrected chi connectivity index (χ3v) is 3.81. The van der Waals surface area contributed by atoms with Crippen molar-refractivity contribution in [3.05, 3.63) is 39.7 Å². The van der Waals surface area contributed by atoms with Crippen LogP contribution in [-0.4, -0.2) is 11.0 Å². The van der Waals surface area contributed by atoms with Crippen molar-refractivity contribution in [3.8, 4) is 0 Å². The number of aromatic nitrogens is 1. The summed E-state index contributed by atoms with van der Waals surface area (Å²) in [6, 6.07) is 6.66. The Bertz CT molecular complexity index is 534. The number of aryl methyl sites for hydroxylation is 2. The van der Waals surface area contributed by atoms with Crippen molar-refractivity contribution >= 4 is 22.8 Å². The molecule has 0 amide bonds. The van der Waals surface area contributed by atoms with Gasteiger partial charge in [-0.1, -0.05) is 0 Å². The number of anilines is 2. The van der Waals surface area contributed by atoms with E-state index in [9.17, 15) is 0 Å². The summed E-state index contributed by atoms with van der Waals surface area (Å²) in [4.78, 5) is 7.10. The number of rotatable bonds is 4. The van der Waals surface area contributed by atoms with Gasteiger partial charge in [0.2, 0.25) is 0 Å². The summed E-state index contributed by atoms with van der Waals surface area (Å²) >= 11 is 1.85. The van der Waals surface area contributed by atoms with E-state index in [1.165, 1.54) is 9.75 Å². The van der Waals surface area contributed by atoms with Gasteiger partial charge < -0.3 is 11.1 Å². The molecule has 0 aliphatic heterocycles. The summed E-state index contributed by atoms with van der Waals surface area (Å²) in [5, 5.41) is 3.44. The normalized spacial score (nSPS) is 12.4. The fourth-order valence-electron chi connectivity index (χ4n) is 1.93. The molecule has 2 aromatic heterocycles. The first-order chi connectivity index (χ1) is 8.54. The number of hydrogen-bond donors (Lipinski definition) is 2. The first-order valence-electron chi connectivity index (χ1n) is 6.08. The van der Waals surface area contributed by atoms with Crippen LogP contribution in [0.3, 0.4) is 0 Å². The van der Waals surface area contributed by atoms with Crippen molar-refractivity contribution in [2.45, 2.75) is 33.2 Å². The Hall–Kier alpha value is -1.55. The van der Waals surface area contributed by atoms with Crippen LogP contribution in [0.25, 0.3) is 0 Å². The van der Waals surface area contributed by atoms with Crippen molar-refractivity contribution in [3.63, 3.8) is 0 Å². The minimum atomic E-state index is 0.359. The average molecular weight is 261 g/mol. The van der Waals surface area contributed by atoms with Gasteiger partial charge in [-0.3, -0.25) is 0 Å². The van der Waals surface area contributed by atoms with Crippen LogP contribution in [0.4, 0.5) is 11.5 Å². The van der Waals surface area contributed by atoms with Gasteiger partial charge in [-0.05, 0) is 44.5 Å². The quantitative estimate of drug-likeness (QED) is 0.887. The number of nitrogen functional groups attached to an aromatic ring is 1. The maximum atomic E-state index is 5.70. The number of nitrogens with two attached hydrogens (primary N) is 1. The fourth-order valence-corrected chi connectivity index (χ4v) is 2.95. The Morgan fingerprint density at radius 2 is 2.17 bits per heavy atom. The van der Waals surface area contributed by atoms with Crippen LogP contribution in [-0.2, 0) is 6.42 Å². The van der Waals surface area contributed by atoms with E-state index < -0.39 is 0 Å². The molecular weight excluding hydrogens is 242 g/mol. The van der Waals surface area contributed by atoms with Crippen molar-refractivity contribution < 1.29 is 0 Å². The second-order valence-electron chi connectivity index (χ2n) is 4.70. The fraction of sp³-hybridized carbons (Fsp3) is 0.357. The average Bonchev–Trinajstić information content (AvgIpc) is 2.68. The Morgan fingerprint density at radius 3 is 2.78 bits per heavy atom. The van der Waals surface area contributed by atoms with Crippen molar-refractivity contribution in [2.24, 2.45) is 0 Å². The molecule has 0 bridgehead atoms. The van der Waals surface area contributed by atoms with Gasteiger partial charge in [0.05, 0.1) is 11.9 Å². The lowest BCUT2D eigenvalue weighted by atomic mass is 10.2. The molecule has 1 atom stereocenters. The highest BCUT2D eigenvalue weighted by Gasteiger charge is 2.08. The summed E-state index contributed by atoms with van der Waals surface area (Å²) in [7, 11) is 0. The molecule has 18 heavy (non-hydrogen) atoms. The number of nitrogens with zero attached hydrogens (tertiary/aromatic N) is 1. The molecule has 0 fully saturated rings. The lowest BCUT2D eigenvalue weighted by molar-refractivity contribution is 0.793. The van der Waals surface area contributed by atoms with Crippen LogP contribution in [0.1, 0.15) is 22.2 Å². The summed E-state index contributed by atoms with van der Waals surface area (Å²) < 4.78 is 0. The second kappa shape index (κ2) is 5.40. The van der Waals surface area contributed by atoms with E-state index in [1.54, 1.807) is 6.20 Å². The molecule has 2 heterocycles. The zero-order valence-electron chi connectivity index (χ0n) is 11.0. The van der Waals surface area contributed by atoms with Crippen LogP contribution >= 0.6 is 11.3 Å². The van der Waals surface area contributed by atoms with Gasteiger partial charge in [0.1, 0.15) is 5.82 Å². The van der Waals surface area contributed by atoms with Crippen LogP contribution in [0.5, 0.6) is 0 Å². The number of pyridine rings is 1. The van der Waals surface area contributed by atoms with Gasteiger partial charge in [-0.2, -0.15) is 0 Å².